The molecule has 0 atom stereocenters. The van der Waals surface area contributed by atoms with Crippen molar-refractivity contribution in [1.82, 2.24) is 4.90 Å². The molecule has 0 fully saturated rings. The van der Waals surface area contributed by atoms with Crippen LogP contribution in [0.15, 0.2) is 9.98 Å². The van der Waals surface area contributed by atoms with E-state index in [4.69, 9.17) is 34.8 Å². The number of hydrogen-bond donors (Lipinski definition) is 0. The van der Waals surface area contributed by atoms with E-state index in [0.29, 0.717) is 6.67 Å². The fourth-order valence-corrected chi connectivity index (χ4v) is 0.755. The van der Waals surface area contributed by atoms with Gasteiger partial charge in [-0.1, -0.05) is 34.8 Å². The average Bonchev–Trinajstić information content (AvgIpc) is 1.88. The maximum atomic E-state index is 5.50. The van der Waals surface area contributed by atoms with E-state index in [-0.39, 0.29) is 0 Å². The van der Waals surface area contributed by atoms with Gasteiger partial charge < -0.3 is 0 Å². The first-order valence-corrected chi connectivity index (χ1v) is 3.59. The van der Waals surface area contributed by atoms with Crippen molar-refractivity contribution in [3.63, 3.8) is 0 Å². The molecule has 1 aliphatic rings. The van der Waals surface area contributed by atoms with Crippen molar-refractivity contribution in [2.24, 2.45) is 9.98 Å². The molecule has 0 aromatic heterocycles. The van der Waals surface area contributed by atoms with Crippen LogP contribution in [0.1, 0.15) is 0 Å². The predicted molar refractivity (Wildman–Crippen MR) is 44.0 cm³/mol. The lowest BCUT2D eigenvalue weighted by Crippen LogP contribution is -2.35. The first-order chi connectivity index (χ1) is 4.61. The Labute approximate surface area is 73.3 Å². The number of nitrogens with zero attached hydrogens (tertiary/aromatic N) is 3. The van der Waals surface area contributed by atoms with Gasteiger partial charge in [0.2, 0.25) is 0 Å². The molecule has 0 bridgehead atoms. The van der Waals surface area contributed by atoms with Crippen molar-refractivity contribution in [2.45, 2.75) is 3.92 Å². The van der Waals surface area contributed by atoms with Crippen LogP contribution in [0.3, 0.4) is 0 Å². The summed E-state index contributed by atoms with van der Waals surface area (Å²) in [6, 6.07) is 0. The highest BCUT2D eigenvalue weighted by atomic mass is 35.6. The van der Waals surface area contributed by atoms with Gasteiger partial charge in [-0.05, 0) is 0 Å². The molecule has 0 aromatic carbocycles. The number of alkyl halides is 3. The first kappa shape index (κ1) is 8.11. The van der Waals surface area contributed by atoms with Gasteiger partial charge in [0.05, 0.1) is 6.34 Å². The zero-order valence-corrected chi connectivity index (χ0v) is 7.11. The molecule has 1 heterocycles. The molecule has 0 saturated carbocycles. The summed E-state index contributed by atoms with van der Waals surface area (Å²) >= 11 is 16.5. The van der Waals surface area contributed by atoms with Crippen LogP contribution in [0.2, 0.25) is 0 Å². The standard InChI is InChI=1S/C4H4Cl3N3/c5-4(6,7)10-2-8-1-9-3-10/h1-2H,3H2. The fourth-order valence-electron chi connectivity index (χ4n) is 0.464. The normalized spacial score (nSPS) is 18.1. The molecule has 0 amide bonds. The number of rotatable bonds is 0. The van der Waals surface area contributed by atoms with Gasteiger partial charge in [0.1, 0.15) is 13.0 Å². The van der Waals surface area contributed by atoms with Gasteiger partial charge in [-0.25, -0.2) is 4.99 Å². The third kappa shape index (κ3) is 2.01. The highest BCUT2D eigenvalue weighted by molar-refractivity contribution is 6.67. The molecule has 0 aromatic rings. The zero-order chi connectivity index (χ0) is 7.61. The predicted octanol–water partition coefficient (Wildman–Crippen LogP) is 1.64. The van der Waals surface area contributed by atoms with E-state index in [9.17, 15) is 0 Å². The third-order valence-electron chi connectivity index (χ3n) is 0.914. The van der Waals surface area contributed by atoms with E-state index in [1.54, 1.807) is 0 Å². The monoisotopic (exact) mass is 199 g/mol. The van der Waals surface area contributed by atoms with Crippen molar-refractivity contribution < 1.29 is 0 Å². The number of hydrogen-bond acceptors (Lipinski definition) is 3. The van der Waals surface area contributed by atoms with Crippen LogP contribution in [0.5, 0.6) is 0 Å². The van der Waals surface area contributed by atoms with Gasteiger partial charge >= 0.3 is 0 Å². The van der Waals surface area contributed by atoms with E-state index in [2.05, 4.69) is 9.98 Å². The Balaban J connectivity index is 2.60. The van der Waals surface area contributed by atoms with Crippen LogP contribution < -0.4 is 0 Å². The number of halogens is 3. The largest absolute Gasteiger partial charge is 0.298 e. The summed E-state index contributed by atoms with van der Waals surface area (Å²) in [5, 5.41) is 0. The first-order valence-electron chi connectivity index (χ1n) is 2.46. The van der Waals surface area contributed by atoms with Gasteiger partial charge in [-0.2, -0.15) is 0 Å². The molecular formula is C4H4Cl3N3. The maximum Gasteiger partial charge on any atom is 0.270 e. The lowest BCUT2D eigenvalue weighted by molar-refractivity contribution is 0.451. The maximum absolute atomic E-state index is 5.50. The summed E-state index contributed by atoms with van der Waals surface area (Å²) in [5.41, 5.74) is 0. The van der Waals surface area contributed by atoms with Crippen molar-refractivity contribution in [3.05, 3.63) is 0 Å². The summed E-state index contributed by atoms with van der Waals surface area (Å²) in [5.74, 6) is 0. The van der Waals surface area contributed by atoms with E-state index in [1.165, 1.54) is 17.6 Å². The Morgan fingerprint density at radius 2 is 2.10 bits per heavy atom. The van der Waals surface area contributed by atoms with Crippen LogP contribution in [0, 0.1) is 0 Å². The summed E-state index contributed by atoms with van der Waals surface area (Å²) in [6.07, 6.45) is 2.84. The summed E-state index contributed by atoms with van der Waals surface area (Å²) in [4.78, 5) is 8.84. The molecule has 1 aliphatic heterocycles. The van der Waals surface area contributed by atoms with Crippen molar-refractivity contribution in [1.29, 1.82) is 0 Å². The van der Waals surface area contributed by atoms with Gasteiger partial charge in [0.25, 0.3) is 3.92 Å². The summed E-state index contributed by atoms with van der Waals surface area (Å²) in [7, 11) is 0. The Kier molecular flexibility index (Phi) is 2.39. The smallest absolute Gasteiger partial charge is 0.270 e. The van der Waals surface area contributed by atoms with Crippen LogP contribution in [-0.2, 0) is 0 Å². The molecule has 0 N–H and O–H groups in total. The van der Waals surface area contributed by atoms with Crippen LogP contribution in [0.25, 0.3) is 0 Å². The molecule has 3 nitrogen and oxygen atoms in total. The van der Waals surface area contributed by atoms with Crippen LogP contribution >= 0.6 is 34.8 Å². The Morgan fingerprint density at radius 1 is 1.40 bits per heavy atom. The third-order valence-corrected chi connectivity index (χ3v) is 1.57. The molecule has 56 valence electrons. The SMILES string of the molecule is ClC(Cl)(Cl)N1C=NC=NC1. The molecule has 0 radical (unpaired) electrons. The highest BCUT2D eigenvalue weighted by Gasteiger charge is 2.27. The zero-order valence-electron chi connectivity index (χ0n) is 4.84. The lowest BCUT2D eigenvalue weighted by Gasteiger charge is -2.25. The quantitative estimate of drug-likeness (QED) is 0.432. The number of aliphatic imine (C=N–C) groups is 2. The molecule has 0 spiro atoms. The van der Waals surface area contributed by atoms with Crippen molar-refractivity contribution in [2.75, 3.05) is 6.67 Å². The van der Waals surface area contributed by atoms with E-state index >= 15 is 0 Å². The fraction of sp³-hybridized carbons (Fsp3) is 0.500. The Bertz CT molecular complexity index is 171. The second kappa shape index (κ2) is 2.95. The Morgan fingerprint density at radius 3 is 2.40 bits per heavy atom. The minimum absolute atomic E-state index is 0.333. The van der Waals surface area contributed by atoms with Crippen LogP contribution in [0.4, 0.5) is 0 Å². The van der Waals surface area contributed by atoms with E-state index in [0.717, 1.165) is 0 Å². The van der Waals surface area contributed by atoms with Gasteiger partial charge in [-0.3, -0.25) is 9.89 Å². The molecule has 10 heavy (non-hydrogen) atoms. The second-order valence-electron chi connectivity index (χ2n) is 1.64. The molecule has 0 aliphatic carbocycles. The molecule has 0 saturated heterocycles. The van der Waals surface area contributed by atoms with Crippen molar-refractivity contribution in [3.8, 4) is 0 Å². The van der Waals surface area contributed by atoms with E-state index in [1.807, 2.05) is 0 Å². The Hall–Kier alpha value is 0.01000. The van der Waals surface area contributed by atoms with Gasteiger partial charge in [0.15, 0.2) is 0 Å². The molecular weight excluding hydrogens is 196 g/mol. The molecule has 0 unspecified atom stereocenters. The van der Waals surface area contributed by atoms with E-state index < -0.39 is 3.92 Å². The van der Waals surface area contributed by atoms with Gasteiger partial charge in [-0.15, -0.1) is 0 Å². The topological polar surface area (TPSA) is 28.0 Å². The molecule has 6 heteroatoms. The summed E-state index contributed by atoms with van der Waals surface area (Å²) in [6.45, 7) is 0.333. The summed E-state index contributed by atoms with van der Waals surface area (Å²) < 4.78 is -1.44. The molecule has 1 rings (SSSR count). The second-order valence-corrected chi connectivity index (χ2v) is 3.86. The average molecular weight is 200 g/mol. The minimum Gasteiger partial charge on any atom is -0.298 e. The van der Waals surface area contributed by atoms with Crippen LogP contribution in [-0.4, -0.2) is 28.2 Å². The van der Waals surface area contributed by atoms with Gasteiger partial charge in [0, 0.05) is 0 Å². The minimum atomic E-state index is -1.44. The lowest BCUT2D eigenvalue weighted by atomic mass is 10.8. The van der Waals surface area contributed by atoms with Crippen molar-refractivity contribution >= 4 is 47.5 Å². The highest BCUT2D eigenvalue weighted by Crippen LogP contribution is 2.29.